The highest BCUT2D eigenvalue weighted by atomic mass is 32.1. The van der Waals surface area contributed by atoms with Gasteiger partial charge in [0.25, 0.3) is 0 Å². The summed E-state index contributed by atoms with van der Waals surface area (Å²) in [4.78, 5) is 25.2. The third-order valence-electron chi connectivity index (χ3n) is 5.28. The molecule has 0 aliphatic heterocycles. The zero-order valence-electron chi connectivity index (χ0n) is 14.5. The molecular weight excluding hydrogens is 372 g/mol. The molecule has 0 bridgehead atoms. The molecule has 2 aromatic heterocycles. The van der Waals surface area contributed by atoms with Crippen LogP contribution in [0.15, 0.2) is 48.5 Å². The van der Waals surface area contributed by atoms with E-state index in [1.807, 2.05) is 24.3 Å². The van der Waals surface area contributed by atoms with Crippen molar-refractivity contribution in [3.05, 3.63) is 69.4 Å². The molecular formula is C23H16O2S2. The van der Waals surface area contributed by atoms with Crippen molar-refractivity contribution >= 4 is 66.6 Å². The van der Waals surface area contributed by atoms with Crippen LogP contribution < -0.4 is 0 Å². The van der Waals surface area contributed by atoms with Gasteiger partial charge in [-0.05, 0) is 42.5 Å². The summed E-state index contributed by atoms with van der Waals surface area (Å²) in [6.45, 7) is 0. The normalized spacial score (nSPS) is 14.4. The Hall–Kier alpha value is -2.56. The predicted molar refractivity (Wildman–Crippen MR) is 115 cm³/mol. The van der Waals surface area contributed by atoms with Crippen molar-refractivity contribution in [2.45, 2.75) is 19.3 Å². The van der Waals surface area contributed by atoms with Crippen molar-refractivity contribution in [3.8, 4) is 0 Å². The highest BCUT2D eigenvalue weighted by molar-refractivity contribution is 7.21. The number of hydrogen-bond donors (Lipinski definition) is 0. The standard InChI is InChI=1S/C23H16O2S2/c24-12-20-22(16-6-1-3-10-18(16)26-20)14-8-5-9-15(14)23-17-7-2-4-11-19(17)27-21(23)13-25/h1-4,6-7,10-13H,5,8-9H2. The lowest BCUT2D eigenvalue weighted by Crippen LogP contribution is -1.91. The van der Waals surface area contributed by atoms with Gasteiger partial charge in [0, 0.05) is 31.3 Å². The fourth-order valence-corrected chi connectivity index (χ4v) is 6.31. The van der Waals surface area contributed by atoms with Crippen LogP contribution >= 0.6 is 22.7 Å². The number of hydrogen-bond acceptors (Lipinski definition) is 4. The zero-order chi connectivity index (χ0) is 18.4. The zero-order valence-corrected chi connectivity index (χ0v) is 16.2. The maximum Gasteiger partial charge on any atom is 0.160 e. The first-order chi connectivity index (χ1) is 13.3. The van der Waals surface area contributed by atoms with Gasteiger partial charge in [0.2, 0.25) is 0 Å². The van der Waals surface area contributed by atoms with Gasteiger partial charge in [0.05, 0.1) is 9.75 Å². The quantitative estimate of drug-likeness (QED) is 0.359. The molecule has 2 heterocycles. The monoisotopic (exact) mass is 388 g/mol. The largest absolute Gasteiger partial charge is 0.297 e. The van der Waals surface area contributed by atoms with E-state index in [2.05, 4.69) is 24.3 Å². The molecule has 27 heavy (non-hydrogen) atoms. The van der Waals surface area contributed by atoms with E-state index in [1.165, 1.54) is 11.1 Å². The van der Waals surface area contributed by atoms with Crippen LogP contribution in [0.3, 0.4) is 0 Å². The average molecular weight is 389 g/mol. The Kier molecular flexibility index (Phi) is 4.03. The van der Waals surface area contributed by atoms with Gasteiger partial charge in [0.1, 0.15) is 0 Å². The van der Waals surface area contributed by atoms with Crippen LogP contribution in [0.2, 0.25) is 0 Å². The summed E-state index contributed by atoms with van der Waals surface area (Å²) < 4.78 is 2.28. The molecule has 0 unspecified atom stereocenters. The summed E-state index contributed by atoms with van der Waals surface area (Å²) in [6.07, 6.45) is 4.90. The maximum atomic E-state index is 11.8. The molecule has 0 amide bonds. The van der Waals surface area contributed by atoms with E-state index < -0.39 is 0 Å². The van der Waals surface area contributed by atoms with Crippen molar-refractivity contribution in [1.29, 1.82) is 0 Å². The number of thiophene rings is 2. The van der Waals surface area contributed by atoms with Crippen LogP contribution in [0, 0.1) is 0 Å². The number of benzene rings is 2. The molecule has 0 radical (unpaired) electrons. The Labute approximate surface area is 164 Å². The smallest absolute Gasteiger partial charge is 0.160 e. The maximum absolute atomic E-state index is 11.8. The second-order valence-electron chi connectivity index (χ2n) is 6.72. The first-order valence-electron chi connectivity index (χ1n) is 8.98. The molecule has 0 spiro atoms. The SMILES string of the molecule is O=Cc1sc2ccccc2c1C1=C(c2c(C=O)sc3ccccc23)CCC1. The molecule has 2 nitrogen and oxygen atoms in total. The molecule has 0 saturated heterocycles. The first-order valence-corrected chi connectivity index (χ1v) is 10.6. The number of allylic oxidation sites excluding steroid dienone is 2. The van der Waals surface area contributed by atoms with Gasteiger partial charge in [-0.1, -0.05) is 36.4 Å². The first kappa shape index (κ1) is 16.6. The molecule has 2 aromatic carbocycles. The van der Waals surface area contributed by atoms with Crippen LogP contribution in [-0.2, 0) is 0 Å². The molecule has 1 aliphatic rings. The van der Waals surface area contributed by atoms with Crippen LogP contribution in [0.25, 0.3) is 31.3 Å². The van der Waals surface area contributed by atoms with Crippen molar-refractivity contribution in [2.75, 3.05) is 0 Å². The Bertz CT molecular complexity index is 1140. The van der Waals surface area contributed by atoms with Gasteiger partial charge >= 0.3 is 0 Å². The molecule has 0 atom stereocenters. The second kappa shape index (κ2) is 6.55. The average Bonchev–Trinajstić information content (AvgIpc) is 3.40. The minimum absolute atomic E-state index is 0.790. The third-order valence-corrected chi connectivity index (χ3v) is 7.47. The van der Waals surface area contributed by atoms with Gasteiger partial charge in [-0.3, -0.25) is 9.59 Å². The molecule has 4 aromatic rings. The van der Waals surface area contributed by atoms with Gasteiger partial charge in [-0.25, -0.2) is 0 Å². The Morgan fingerprint density at radius 1 is 0.667 bits per heavy atom. The van der Waals surface area contributed by atoms with E-state index in [0.717, 1.165) is 72.9 Å². The van der Waals surface area contributed by atoms with E-state index in [4.69, 9.17) is 0 Å². The fraction of sp³-hybridized carbons (Fsp3) is 0.130. The Morgan fingerprint density at radius 3 is 1.56 bits per heavy atom. The highest BCUT2D eigenvalue weighted by Crippen LogP contribution is 2.48. The van der Waals surface area contributed by atoms with Crippen LogP contribution in [0.5, 0.6) is 0 Å². The lowest BCUT2D eigenvalue weighted by molar-refractivity contribution is 0.111. The number of carbonyl (C=O) groups is 2. The summed E-state index contributed by atoms with van der Waals surface area (Å²) in [6, 6.07) is 16.4. The van der Waals surface area contributed by atoms with Gasteiger partial charge < -0.3 is 0 Å². The fourth-order valence-electron chi connectivity index (χ4n) is 4.21. The molecule has 5 rings (SSSR count). The Balaban J connectivity index is 1.85. The van der Waals surface area contributed by atoms with Gasteiger partial charge in [-0.15, -0.1) is 22.7 Å². The predicted octanol–water partition coefficient (Wildman–Crippen LogP) is 6.84. The van der Waals surface area contributed by atoms with E-state index >= 15 is 0 Å². The molecule has 0 fully saturated rings. The molecule has 1 aliphatic carbocycles. The van der Waals surface area contributed by atoms with E-state index in [-0.39, 0.29) is 0 Å². The molecule has 0 saturated carbocycles. The highest BCUT2D eigenvalue weighted by Gasteiger charge is 2.26. The van der Waals surface area contributed by atoms with E-state index in [1.54, 1.807) is 22.7 Å². The number of rotatable bonds is 4. The van der Waals surface area contributed by atoms with Crippen molar-refractivity contribution < 1.29 is 9.59 Å². The van der Waals surface area contributed by atoms with Crippen molar-refractivity contribution in [2.24, 2.45) is 0 Å². The minimum atomic E-state index is 0.790. The second-order valence-corrected chi connectivity index (χ2v) is 8.89. The number of carbonyl (C=O) groups excluding carboxylic acids is 2. The minimum Gasteiger partial charge on any atom is -0.297 e. The third kappa shape index (κ3) is 2.52. The summed E-state index contributed by atoms with van der Waals surface area (Å²) in [5, 5.41) is 2.29. The molecule has 132 valence electrons. The topological polar surface area (TPSA) is 34.1 Å². The van der Waals surface area contributed by atoms with Crippen LogP contribution in [0.1, 0.15) is 49.7 Å². The number of fused-ring (bicyclic) bond motifs is 2. The molecule has 4 heteroatoms. The van der Waals surface area contributed by atoms with Crippen molar-refractivity contribution in [1.82, 2.24) is 0 Å². The summed E-state index contributed by atoms with van der Waals surface area (Å²) in [5.41, 5.74) is 4.62. The van der Waals surface area contributed by atoms with E-state index in [9.17, 15) is 9.59 Å². The van der Waals surface area contributed by atoms with Crippen LogP contribution in [0.4, 0.5) is 0 Å². The summed E-state index contributed by atoms with van der Waals surface area (Å²) >= 11 is 3.11. The lowest BCUT2D eigenvalue weighted by Gasteiger charge is -2.09. The van der Waals surface area contributed by atoms with Crippen molar-refractivity contribution in [3.63, 3.8) is 0 Å². The van der Waals surface area contributed by atoms with Gasteiger partial charge in [-0.2, -0.15) is 0 Å². The van der Waals surface area contributed by atoms with Crippen LogP contribution in [-0.4, -0.2) is 12.6 Å². The summed E-state index contributed by atoms with van der Waals surface area (Å²) in [7, 11) is 0. The Morgan fingerprint density at radius 2 is 1.11 bits per heavy atom. The summed E-state index contributed by atoms with van der Waals surface area (Å²) in [5.74, 6) is 0. The number of aldehydes is 2. The van der Waals surface area contributed by atoms with Gasteiger partial charge in [0.15, 0.2) is 12.6 Å². The lowest BCUT2D eigenvalue weighted by atomic mass is 9.93. The van der Waals surface area contributed by atoms with E-state index in [0.29, 0.717) is 0 Å². The molecule has 0 N–H and O–H groups in total.